The van der Waals surface area contributed by atoms with Crippen molar-refractivity contribution in [2.45, 2.75) is 13.1 Å². The molecule has 0 bridgehead atoms. The van der Waals surface area contributed by atoms with Crippen LogP contribution in [0.2, 0.25) is 0 Å². The number of thiol groups is 3. The highest BCUT2D eigenvalue weighted by Crippen LogP contribution is 2.48. The van der Waals surface area contributed by atoms with Crippen LogP contribution < -0.4 is 0 Å². The molecule has 0 radical (unpaired) electrons. The van der Waals surface area contributed by atoms with E-state index in [-0.39, 0.29) is 0 Å². The molecule has 0 spiro atoms. The largest absolute Gasteiger partial charge is 0.163 e. The van der Waals surface area contributed by atoms with Gasteiger partial charge in [0.15, 0.2) is 0 Å². The minimum atomic E-state index is 0.353. The van der Waals surface area contributed by atoms with Gasteiger partial charge in [-0.1, -0.05) is 0 Å². The molecule has 2 unspecified atom stereocenters. The molecule has 1 fully saturated rings. The standard InChI is InChI=1S/C3H6S5/c4-1-2(5)8-3(6)7-1/h1-6H. The van der Waals surface area contributed by atoms with E-state index >= 15 is 0 Å². The van der Waals surface area contributed by atoms with Gasteiger partial charge in [-0.2, -0.15) is 37.9 Å². The second kappa shape index (κ2) is 3.23. The minimum absolute atomic E-state index is 0.353. The predicted molar refractivity (Wildman–Crippen MR) is 53.5 cm³/mol. The average Bonchev–Trinajstić information content (AvgIpc) is 1.85. The molecule has 1 aliphatic rings. The molecule has 1 rings (SSSR count). The number of hydrogen-bond donors (Lipinski definition) is 3. The quantitative estimate of drug-likeness (QED) is 0.515. The van der Waals surface area contributed by atoms with Gasteiger partial charge in [0, 0.05) is 0 Å². The van der Waals surface area contributed by atoms with E-state index in [0.717, 1.165) is 0 Å². The van der Waals surface area contributed by atoms with E-state index in [4.69, 9.17) is 0 Å². The summed E-state index contributed by atoms with van der Waals surface area (Å²) in [6.45, 7) is 0. The van der Waals surface area contributed by atoms with Crippen LogP contribution in [0.25, 0.3) is 0 Å². The van der Waals surface area contributed by atoms with Gasteiger partial charge < -0.3 is 0 Å². The smallest absolute Gasteiger partial charge is 0.0951 e. The van der Waals surface area contributed by atoms with E-state index in [1.165, 1.54) is 0 Å². The van der Waals surface area contributed by atoms with E-state index in [9.17, 15) is 0 Å². The van der Waals surface area contributed by atoms with Crippen molar-refractivity contribution >= 4 is 61.4 Å². The first-order valence-corrected chi connectivity index (χ1v) is 5.49. The zero-order valence-corrected chi connectivity index (χ0v) is 8.21. The highest BCUT2D eigenvalue weighted by molar-refractivity contribution is 8.36. The van der Waals surface area contributed by atoms with Crippen LogP contribution in [0.3, 0.4) is 0 Å². The fraction of sp³-hybridized carbons (Fsp3) is 1.00. The fourth-order valence-corrected chi connectivity index (χ4v) is 5.52. The molecule has 1 heterocycles. The van der Waals surface area contributed by atoms with Crippen LogP contribution in [-0.2, 0) is 0 Å². The van der Waals surface area contributed by atoms with Crippen molar-refractivity contribution in [1.82, 2.24) is 0 Å². The topological polar surface area (TPSA) is 0 Å². The first-order chi connectivity index (χ1) is 3.70. The lowest BCUT2D eigenvalue weighted by molar-refractivity contribution is 1.41. The molecule has 1 aliphatic heterocycles. The zero-order valence-electron chi connectivity index (χ0n) is 3.89. The molecule has 0 saturated carbocycles. The van der Waals surface area contributed by atoms with Gasteiger partial charge in [0.25, 0.3) is 0 Å². The molecule has 5 heteroatoms. The first-order valence-electron chi connectivity index (χ1n) is 2.05. The second-order valence-corrected chi connectivity index (χ2v) is 7.19. The fourth-order valence-electron chi connectivity index (χ4n) is 0.405. The number of rotatable bonds is 0. The van der Waals surface area contributed by atoms with Crippen molar-refractivity contribution in [1.29, 1.82) is 0 Å². The Kier molecular flexibility index (Phi) is 3.17. The summed E-state index contributed by atoms with van der Waals surface area (Å²) in [5.41, 5.74) is 0. The summed E-state index contributed by atoms with van der Waals surface area (Å²) in [5, 5.41) is 0. The summed E-state index contributed by atoms with van der Waals surface area (Å²) in [5.74, 6) is 0. The Morgan fingerprint density at radius 3 is 1.38 bits per heavy atom. The third-order valence-electron chi connectivity index (χ3n) is 0.756. The predicted octanol–water partition coefficient (Wildman–Crippen LogP) is 2.19. The lowest BCUT2D eigenvalue weighted by Crippen LogP contribution is -1.97. The van der Waals surface area contributed by atoms with Crippen molar-refractivity contribution in [3.63, 3.8) is 0 Å². The Bertz CT molecular complexity index is 73.7. The lowest BCUT2D eigenvalue weighted by Gasteiger charge is -2.00. The van der Waals surface area contributed by atoms with E-state index < -0.39 is 0 Å². The summed E-state index contributed by atoms with van der Waals surface area (Å²) in [6, 6.07) is 0. The summed E-state index contributed by atoms with van der Waals surface area (Å²) >= 11 is 16.3. The third-order valence-corrected chi connectivity index (χ3v) is 5.86. The Morgan fingerprint density at radius 1 is 0.875 bits per heavy atom. The maximum absolute atomic E-state index is 4.26. The molecular formula is C3H6S5. The van der Waals surface area contributed by atoms with Crippen LogP contribution in [0.15, 0.2) is 0 Å². The van der Waals surface area contributed by atoms with Gasteiger partial charge in [0.05, 0.1) is 13.1 Å². The van der Waals surface area contributed by atoms with Crippen molar-refractivity contribution < 1.29 is 0 Å². The molecule has 0 aliphatic carbocycles. The van der Waals surface area contributed by atoms with Crippen LogP contribution in [0, 0.1) is 0 Å². The summed E-state index contributed by atoms with van der Waals surface area (Å²) < 4.78 is 1.08. The highest BCUT2D eigenvalue weighted by atomic mass is 32.3. The van der Waals surface area contributed by atoms with Crippen molar-refractivity contribution in [3.05, 3.63) is 0 Å². The van der Waals surface area contributed by atoms with Crippen LogP contribution >= 0.6 is 61.4 Å². The normalized spacial score (nSPS) is 47.6. The van der Waals surface area contributed by atoms with Crippen molar-refractivity contribution in [3.8, 4) is 0 Å². The van der Waals surface area contributed by atoms with Crippen molar-refractivity contribution in [2.24, 2.45) is 0 Å². The van der Waals surface area contributed by atoms with E-state index in [1.807, 2.05) is 0 Å². The number of hydrogen-bond acceptors (Lipinski definition) is 5. The minimum Gasteiger partial charge on any atom is -0.163 e. The maximum Gasteiger partial charge on any atom is 0.0951 e. The molecule has 0 aromatic rings. The van der Waals surface area contributed by atoms with Crippen LogP contribution in [0.4, 0.5) is 0 Å². The van der Waals surface area contributed by atoms with Gasteiger partial charge in [0.1, 0.15) is 0 Å². The van der Waals surface area contributed by atoms with Gasteiger partial charge in [-0.3, -0.25) is 0 Å². The molecule has 1 saturated heterocycles. The van der Waals surface area contributed by atoms with Gasteiger partial charge in [-0.05, 0) is 0 Å². The van der Waals surface area contributed by atoms with E-state index in [0.29, 0.717) is 13.1 Å². The molecule has 2 atom stereocenters. The molecule has 48 valence electrons. The molecule has 0 nitrogen and oxygen atoms in total. The summed E-state index contributed by atoms with van der Waals surface area (Å²) in [4.78, 5) is 0. The Labute approximate surface area is 74.2 Å². The Hall–Kier alpha value is 1.75. The number of thioether (sulfide) groups is 2. The first kappa shape index (κ1) is 7.85. The zero-order chi connectivity index (χ0) is 6.15. The molecular weight excluding hydrogens is 196 g/mol. The van der Waals surface area contributed by atoms with Crippen LogP contribution in [0.1, 0.15) is 0 Å². The second-order valence-electron chi connectivity index (χ2n) is 1.36. The monoisotopic (exact) mass is 202 g/mol. The van der Waals surface area contributed by atoms with E-state index in [2.05, 4.69) is 37.9 Å². The highest BCUT2D eigenvalue weighted by Gasteiger charge is 2.28. The van der Waals surface area contributed by atoms with Crippen molar-refractivity contribution in [2.75, 3.05) is 0 Å². The molecule has 8 heavy (non-hydrogen) atoms. The summed E-state index contributed by atoms with van der Waals surface area (Å²) in [7, 11) is 0. The van der Waals surface area contributed by atoms with Crippen LogP contribution in [0.5, 0.6) is 0 Å². The molecule has 0 amide bonds. The summed E-state index contributed by atoms with van der Waals surface area (Å²) in [6.07, 6.45) is 0. The molecule has 0 N–H and O–H groups in total. The van der Waals surface area contributed by atoms with Gasteiger partial charge in [-0.25, -0.2) is 0 Å². The lowest BCUT2D eigenvalue weighted by atomic mass is 10.9. The molecule has 0 aromatic heterocycles. The van der Waals surface area contributed by atoms with Gasteiger partial charge in [0.2, 0.25) is 0 Å². The Balaban J connectivity index is 2.39. The molecule has 0 aromatic carbocycles. The third kappa shape index (κ3) is 1.87. The van der Waals surface area contributed by atoms with Gasteiger partial charge in [-0.15, -0.1) is 23.5 Å². The SMILES string of the molecule is SC1SC(S)C(S)S1. The van der Waals surface area contributed by atoms with Gasteiger partial charge >= 0.3 is 0 Å². The van der Waals surface area contributed by atoms with E-state index in [1.54, 1.807) is 23.5 Å². The van der Waals surface area contributed by atoms with Crippen LogP contribution in [-0.4, -0.2) is 13.1 Å². The maximum atomic E-state index is 4.26. The Morgan fingerprint density at radius 2 is 1.25 bits per heavy atom. The average molecular weight is 202 g/mol.